The van der Waals surface area contributed by atoms with E-state index in [9.17, 15) is 0 Å². The fraction of sp³-hybridized carbons (Fsp3) is 0.500. The van der Waals surface area contributed by atoms with Gasteiger partial charge in [-0.3, -0.25) is 0 Å². The Morgan fingerprint density at radius 2 is 2.25 bits per heavy atom. The van der Waals surface area contributed by atoms with E-state index in [1.54, 1.807) is 13.2 Å². The minimum Gasteiger partial charge on any atom is -0.481 e. The minimum atomic E-state index is 0.462. The van der Waals surface area contributed by atoms with Gasteiger partial charge in [0.05, 0.1) is 7.11 Å². The first kappa shape index (κ1) is 7.80. The lowest BCUT2D eigenvalue weighted by molar-refractivity contribution is 0.394. The van der Waals surface area contributed by atoms with Crippen molar-refractivity contribution in [3.63, 3.8) is 0 Å². The van der Waals surface area contributed by atoms with Crippen molar-refractivity contribution in [3.8, 4) is 5.88 Å². The smallest absolute Gasteiger partial charge is 0.217 e. The monoisotopic (exact) mass is 184 g/mol. The third-order valence-electron chi connectivity index (χ3n) is 1.84. The molecule has 0 spiro atoms. The molecular formula is C8H9ClN2O. The molecule has 1 saturated carbocycles. The van der Waals surface area contributed by atoms with Crippen molar-refractivity contribution in [2.45, 2.75) is 18.8 Å². The van der Waals surface area contributed by atoms with Crippen LogP contribution in [0.2, 0.25) is 5.15 Å². The van der Waals surface area contributed by atoms with Crippen molar-refractivity contribution < 1.29 is 4.74 Å². The van der Waals surface area contributed by atoms with Gasteiger partial charge in [-0.15, -0.1) is 0 Å². The highest BCUT2D eigenvalue weighted by molar-refractivity contribution is 6.29. The SMILES string of the molecule is COc1cc(Cl)nc(C2CC2)n1. The quantitative estimate of drug-likeness (QED) is 0.660. The standard InChI is InChI=1S/C8H9ClN2O/c1-12-7-4-6(9)10-8(11-7)5-2-3-5/h4-5H,2-3H2,1H3. The molecule has 1 aromatic heterocycles. The summed E-state index contributed by atoms with van der Waals surface area (Å²) in [7, 11) is 1.58. The van der Waals surface area contributed by atoms with Crippen LogP contribution in [0.1, 0.15) is 24.6 Å². The average molecular weight is 185 g/mol. The molecular weight excluding hydrogens is 176 g/mol. The number of ether oxygens (including phenoxy) is 1. The van der Waals surface area contributed by atoms with Crippen molar-refractivity contribution in [2.75, 3.05) is 7.11 Å². The van der Waals surface area contributed by atoms with E-state index >= 15 is 0 Å². The zero-order chi connectivity index (χ0) is 8.55. The Morgan fingerprint density at radius 1 is 1.50 bits per heavy atom. The molecule has 3 nitrogen and oxygen atoms in total. The van der Waals surface area contributed by atoms with Crippen LogP contribution in [0, 0.1) is 0 Å². The van der Waals surface area contributed by atoms with Crippen LogP contribution >= 0.6 is 11.6 Å². The van der Waals surface area contributed by atoms with Gasteiger partial charge in [-0.1, -0.05) is 11.6 Å². The second-order valence-electron chi connectivity index (χ2n) is 2.87. The summed E-state index contributed by atoms with van der Waals surface area (Å²) >= 11 is 5.77. The molecule has 0 aromatic carbocycles. The van der Waals surface area contributed by atoms with Gasteiger partial charge in [0, 0.05) is 12.0 Å². The predicted octanol–water partition coefficient (Wildman–Crippen LogP) is 2.02. The number of hydrogen-bond donors (Lipinski definition) is 0. The molecule has 1 aromatic rings. The Hall–Kier alpha value is -0.830. The zero-order valence-corrected chi connectivity index (χ0v) is 7.51. The van der Waals surface area contributed by atoms with Crippen LogP contribution in [0.25, 0.3) is 0 Å². The van der Waals surface area contributed by atoms with E-state index in [1.807, 2.05) is 0 Å². The van der Waals surface area contributed by atoms with E-state index in [1.165, 1.54) is 12.8 Å². The molecule has 12 heavy (non-hydrogen) atoms. The lowest BCUT2D eigenvalue weighted by Gasteiger charge is -2.01. The highest BCUT2D eigenvalue weighted by atomic mass is 35.5. The summed E-state index contributed by atoms with van der Waals surface area (Å²) in [6.07, 6.45) is 2.34. The summed E-state index contributed by atoms with van der Waals surface area (Å²) in [5.41, 5.74) is 0. The van der Waals surface area contributed by atoms with E-state index in [2.05, 4.69) is 9.97 Å². The van der Waals surface area contributed by atoms with Gasteiger partial charge in [0.1, 0.15) is 11.0 Å². The zero-order valence-electron chi connectivity index (χ0n) is 6.75. The highest BCUT2D eigenvalue weighted by Gasteiger charge is 2.27. The van der Waals surface area contributed by atoms with Gasteiger partial charge in [-0.05, 0) is 12.8 Å². The maximum Gasteiger partial charge on any atom is 0.217 e. The lowest BCUT2D eigenvalue weighted by atomic mass is 10.4. The first-order valence-electron chi connectivity index (χ1n) is 3.88. The van der Waals surface area contributed by atoms with E-state index in [0.717, 1.165) is 5.82 Å². The van der Waals surface area contributed by atoms with Crippen LogP contribution in [0.4, 0.5) is 0 Å². The molecule has 0 N–H and O–H groups in total. The van der Waals surface area contributed by atoms with Crippen LogP contribution in [0.5, 0.6) is 5.88 Å². The largest absolute Gasteiger partial charge is 0.481 e. The second kappa shape index (κ2) is 2.90. The summed E-state index contributed by atoms with van der Waals surface area (Å²) in [6, 6.07) is 1.62. The van der Waals surface area contributed by atoms with Gasteiger partial charge in [-0.25, -0.2) is 4.98 Å². The number of nitrogens with zero attached hydrogens (tertiary/aromatic N) is 2. The Balaban J connectivity index is 2.34. The molecule has 1 fully saturated rings. The first-order chi connectivity index (χ1) is 5.79. The van der Waals surface area contributed by atoms with E-state index in [4.69, 9.17) is 16.3 Å². The molecule has 0 bridgehead atoms. The topological polar surface area (TPSA) is 35.0 Å². The summed E-state index contributed by atoms with van der Waals surface area (Å²) < 4.78 is 4.98. The maximum atomic E-state index is 5.77. The van der Waals surface area contributed by atoms with Gasteiger partial charge >= 0.3 is 0 Å². The molecule has 0 atom stereocenters. The minimum absolute atomic E-state index is 0.462. The van der Waals surface area contributed by atoms with Crippen LogP contribution < -0.4 is 4.74 Å². The van der Waals surface area contributed by atoms with Gasteiger partial charge in [0.15, 0.2) is 0 Å². The Morgan fingerprint density at radius 3 is 2.83 bits per heavy atom. The number of hydrogen-bond acceptors (Lipinski definition) is 3. The number of methoxy groups -OCH3 is 1. The lowest BCUT2D eigenvalue weighted by Crippen LogP contribution is -1.95. The van der Waals surface area contributed by atoms with Gasteiger partial charge in [0.25, 0.3) is 0 Å². The molecule has 2 rings (SSSR count). The van der Waals surface area contributed by atoms with Gasteiger partial charge in [-0.2, -0.15) is 4.98 Å². The second-order valence-corrected chi connectivity index (χ2v) is 3.25. The number of rotatable bonds is 2. The summed E-state index contributed by atoms with van der Waals surface area (Å²) in [4.78, 5) is 8.31. The third-order valence-corrected chi connectivity index (χ3v) is 2.03. The molecule has 4 heteroatoms. The van der Waals surface area contributed by atoms with Gasteiger partial charge < -0.3 is 4.74 Å². The fourth-order valence-electron chi connectivity index (χ4n) is 1.04. The van der Waals surface area contributed by atoms with Crippen LogP contribution in [0.15, 0.2) is 6.07 Å². The van der Waals surface area contributed by atoms with Crippen molar-refractivity contribution in [1.29, 1.82) is 0 Å². The van der Waals surface area contributed by atoms with Crippen LogP contribution in [-0.4, -0.2) is 17.1 Å². The summed E-state index contributed by atoms with van der Waals surface area (Å²) in [5.74, 6) is 1.88. The first-order valence-corrected chi connectivity index (χ1v) is 4.26. The van der Waals surface area contributed by atoms with Crippen molar-refractivity contribution >= 4 is 11.6 Å². The molecule has 1 aliphatic rings. The fourth-order valence-corrected chi connectivity index (χ4v) is 1.22. The maximum absolute atomic E-state index is 5.77. The van der Waals surface area contributed by atoms with Crippen molar-refractivity contribution in [1.82, 2.24) is 9.97 Å². The normalized spacial score (nSPS) is 16.2. The van der Waals surface area contributed by atoms with Crippen LogP contribution in [0.3, 0.4) is 0 Å². The van der Waals surface area contributed by atoms with Crippen LogP contribution in [-0.2, 0) is 0 Å². The van der Waals surface area contributed by atoms with Crippen molar-refractivity contribution in [2.24, 2.45) is 0 Å². The molecule has 0 radical (unpaired) electrons. The average Bonchev–Trinajstić information content (AvgIpc) is 2.85. The van der Waals surface area contributed by atoms with E-state index < -0.39 is 0 Å². The Kier molecular flexibility index (Phi) is 1.89. The Bertz CT molecular complexity index is 299. The highest BCUT2D eigenvalue weighted by Crippen LogP contribution is 2.38. The predicted molar refractivity (Wildman–Crippen MR) is 45.6 cm³/mol. The molecule has 0 aliphatic heterocycles. The molecule has 1 heterocycles. The van der Waals surface area contributed by atoms with Gasteiger partial charge in [0.2, 0.25) is 5.88 Å². The molecule has 64 valence electrons. The van der Waals surface area contributed by atoms with E-state index in [-0.39, 0.29) is 0 Å². The molecule has 0 amide bonds. The molecule has 0 saturated heterocycles. The van der Waals surface area contributed by atoms with E-state index in [0.29, 0.717) is 17.0 Å². The Labute approximate surface area is 75.7 Å². The summed E-state index contributed by atoms with van der Waals surface area (Å²) in [5, 5.41) is 0.462. The van der Waals surface area contributed by atoms with Crippen molar-refractivity contribution in [3.05, 3.63) is 17.0 Å². The summed E-state index contributed by atoms with van der Waals surface area (Å²) in [6.45, 7) is 0. The third kappa shape index (κ3) is 1.50. The number of halogens is 1. The molecule has 1 aliphatic carbocycles. The molecule has 0 unspecified atom stereocenters. The number of aromatic nitrogens is 2.